The number of aryl methyl sites for hydroxylation is 3. The average Bonchev–Trinajstić information content (AvgIpc) is 1.34. The van der Waals surface area contributed by atoms with Gasteiger partial charge in [0.1, 0.15) is 34.9 Å². The highest BCUT2D eigenvalue weighted by molar-refractivity contribution is 6.42. The van der Waals surface area contributed by atoms with Crippen molar-refractivity contribution in [3.8, 4) is 0 Å². The molecule has 104 heavy (non-hydrogen) atoms. The number of carbonyl (C=O) groups is 6. The Kier molecular flexibility index (Phi) is 23.9. The zero-order valence-corrected chi connectivity index (χ0v) is 59.7. The van der Waals surface area contributed by atoms with Crippen LogP contribution in [0.4, 0.5) is 34.5 Å². The lowest BCUT2D eigenvalue weighted by molar-refractivity contribution is -0.137. The minimum absolute atomic E-state index is 0.0798. The summed E-state index contributed by atoms with van der Waals surface area (Å²) >= 11 is 11.9. The third-order valence-corrected chi connectivity index (χ3v) is 18.6. The number of halogens is 2. The predicted molar refractivity (Wildman–Crippen MR) is 408 cm³/mol. The van der Waals surface area contributed by atoms with E-state index >= 15 is 0 Å². The number of fused-ring (bicyclic) bond motifs is 2. The van der Waals surface area contributed by atoms with Gasteiger partial charge in [-0.1, -0.05) is 120 Å². The average molecular weight is 1430 g/mol. The van der Waals surface area contributed by atoms with Gasteiger partial charge in [0.15, 0.2) is 0 Å². The van der Waals surface area contributed by atoms with Crippen LogP contribution in [0.3, 0.4) is 0 Å². The number of hydrogen-bond acceptors (Lipinski definition) is 15. The summed E-state index contributed by atoms with van der Waals surface area (Å²) in [7, 11) is 3.67. The second-order valence-corrected chi connectivity index (χ2v) is 26.6. The first-order chi connectivity index (χ1) is 50.0. The molecular formula is C81H78Cl2N12O9. The normalized spacial score (nSPS) is 12.4. The third-order valence-electron chi connectivity index (χ3n) is 17.9. The summed E-state index contributed by atoms with van der Waals surface area (Å²) in [5, 5.41) is 41.6. The first kappa shape index (κ1) is 73.5. The number of carboxylic acid groups (broad SMARTS) is 3. The van der Waals surface area contributed by atoms with Crippen LogP contribution in [0.25, 0.3) is 21.5 Å². The smallest absolute Gasteiger partial charge is 0.308 e. The van der Waals surface area contributed by atoms with E-state index in [1.807, 2.05) is 197 Å². The number of hydrogen-bond donors (Lipinski definition) is 6. The van der Waals surface area contributed by atoms with Crippen LogP contribution in [0.2, 0.25) is 10.0 Å². The van der Waals surface area contributed by atoms with Crippen molar-refractivity contribution < 1.29 is 44.1 Å². The Morgan fingerprint density at radius 2 is 0.721 bits per heavy atom. The number of nitrogens with one attached hydrogen (secondary N) is 3. The zero-order valence-electron chi connectivity index (χ0n) is 58.2. The number of carboxylic acids is 3. The molecule has 0 saturated carbocycles. The third kappa shape index (κ3) is 19.3. The molecule has 0 bridgehead atoms. The number of amides is 3. The van der Waals surface area contributed by atoms with Gasteiger partial charge in [0.25, 0.3) is 17.7 Å². The number of nitrogens with zero attached hydrogens (tertiary/aromatic N) is 9. The Balaban J connectivity index is 0.000000156. The lowest BCUT2D eigenvalue weighted by Crippen LogP contribution is -2.23. The molecule has 21 nitrogen and oxygen atoms in total. The molecule has 13 rings (SSSR count). The second-order valence-electron chi connectivity index (χ2n) is 25.8. The van der Waals surface area contributed by atoms with Gasteiger partial charge in [0.2, 0.25) is 0 Å². The van der Waals surface area contributed by atoms with Crippen LogP contribution < -0.4 is 30.7 Å². The van der Waals surface area contributed by atoms with Crippen molar-refractivity contribution in [2.24, 2.45) is 0 Å². The van der Waals surface area contributed by atoms with Crippen LogP contribution in [-0.2, 0) is 52.9 Å². The fraction of sp³-hybridized carbons (Fsp3) is 0.235. The minimum atomic E-state index is -0.913. The summed E-state index contributed by atoms with van der Waals surface area (Å²) in [6, 6.07) is 54.6. The monoisotopic (exact) mass is 1430 g/mol. The molecule has 8 aromatic carbocycles. The summed E-state index contributed by atoms with van der Waals surface area (Å²) in [4.78, 5) is 106. The van der Waals surface area contributed by atoms with Crippen LogP contribution >= 0.6 is 23.2 Å². The summed E-state index contributed by atoms with van der Waals surface area (Å²) in [5.74, 6) is 0.724. The van der Waals surface area contributed by atoms with Gasteiger partial charge < -0.3 is 46.0 Å². The number of carbonyl (C=O) groups excluding carboxylic acids is 3. The maximum Gasteiger partial charge on any atom is 0.308 e. The quantitative estimate of drug-likeness (QED) is 0.0390. The Morgan fingerprint density at radius 3 is 1.08 bits per heavy atom. The molecule has 5 heterocycles. The van der Waals surface area contributed by atoms with Gasteiger partial charge in [-0.15, -0.1) is 0 Å². The summed E-state index contributed by atoms with van der Waals surface area (Å²) < 4.78 is 0. The lowest BCUT2D eigenvalue weighted by atomic mass is 10.1. The molecule has 2 aliphatic heterocycles. The SMILES string of the molecule is Cc1nc(Cc2ccc(NC(=O)c3ccc(Cl)c(Cl)c3)cc2)nc(N2CCCC2)c1CC(=O)O.Cc1nc(Cc2ccc(NC(=O)c3ccc4ccccc4c3)cc2)nc(N(C)C)c1CC(=O)O.Cc1nc(Cc2ccc(NC(=O)c3ccc4ccccc4c3)cc2)nc(N2CCCC2)c1CC(=O)O. The van der Waals surface area contributed by atoms with Gasteiger partial charge in [0, 0.05) is 127 Å². The van der Waals surface area contributed by atoms with Crippen LogP contribution in [0.15, 0.2) is 176 Å². The van der Waals surface area contributed by atoms with E-state index in [-0.39, 0.29) is 37.0 Å². The number of anilines is 6. The van der Waals surface area contributed by atoms with E-state index in [1.54, 1.807) is 12.1 Å². The predicted octanol–water partition coefficient (Wildman–Crippen LogP) is 14.6. The van der Waals surface area contributed by atoms with E-state index in [4.69, 9.17) is 33.2 Å². The number of rotatable bonds is 21. The maximum absolute atomic E-state index is 12.8. The van der Waals surface area contributed by atoms with Gasteiger partial charge in [0.05, 0.1) is 29.3 Å². The molecule has 0 aliphatic carbocycles. The van der Waals surface area contributed by atoms with Crippen molar-refractivity contribution in [3.63, 3.8) is 0 Å². The van der Waals surface area contributed by atoms with Gasteiger partial charge in [-0.3, -0.25) is 28.8 Å². The van der Waals surface area contributed by atoms with Crippen LogP contribution in [0.1, 0.15) is 125 Å². The molecule has 0 radical (unpaired) electrons. The van der Waals surface area contributed by atoms with Crippen molar-refractivity contribution in [1.29, 1.82) is 0 Å². The highest BCUT2D eigenvalue weighted by Gasteiger charge is 2.25. The second kappa shape index (κ2) is 33.9. The Morgan fingerprint density at radius 1 is 0.394 bits per heavy atom. The topological polar surface area (TPSA) is 286 Å². The van der Waals surface area contributed by atoms with Crippen molar-refractivity contribution in [2.75, 3.05) is 70.9 Å². The van der Waals surface area contributed by atoms with Gasteiger partial charge in [-0.25, -0.2) is 29.9 Å². The number of aliphatic carboxylic acids is 3. The minimum Gasteiger partial charge on any atom is -0.481 e. The Hall–Kier alpha value is -11.7. The molecule has 0 atom stereocenters. The first-order valence-electron chi connectivity index (χ1n) is 34.1. The Labute approximate surface area is 612 Å². The Bertz CT molecular complexity index is 5010. The zero-order chi connectivity index (χ0) is 73.6. The largest absolute Gasteiger partial charge is 0.481 e. The summed E-state index contributed by atoms with van der Waals surface area (Å²) in [6.07, 6.45) is 5.52. The molecule has 2 saturated heterocycles. The standard InChI is InChI=1S/C29H28N4O3.C27H26N4O3.C25H24Cl2N4O3/c1-19-25(18-27(34)35)28(33-14-4-5-15-33)32-26(30-19)16-20-8-12-24(13-9-20)31-29(36)23-11-10-21-6-2-3-7-22(21)17-23;1-17-23(16-25(32)33)26(31(2)3)30-24(28-17)14-18-8-12-22(13-9-18)29-27(34)21-11-10-19-6-4-5-7-20(19)15-21;1-15-19(14-23(32)33)24(31-10-2-3-11-31)30-22(28-15)12-16-4-7-18(8-5-16)29-25(34)17-6-9-20(26)21(27)13-17/h2-3,6-13,17H,4-5,14-16,18H2,1H3,(H,31,36)(H,34,35);4-13,15H,14,16H2,1-3H3,(H,29,34)(H,32,33);4-9,13H,2-3,10-12,14H2,1H3,(H,29,34)(H,32,33). The van der Waals surface area contributed by atoms with E-state index in [0.29, 0.717) is 120 Å². The molecule has 23 heteroatoms. The van der Waals surface area contributed by atoms with E-state index in [1.165, 1.54) is 6.07 Å². The molecule has 3 amide bonds. The summed E-state index contributed by atoms with van der Waals surface area (Å²) in [6.45, 7) is 9.01. The van der Waals surface area contributed by atoms with E-state index < -0.39 is 17.9 Å². The van der Waals surface area contributed by atoms with Crippen molar-refractivity contribution in [3.05, 3.63) is 271 Å². The molecule has 6 N–H and O–H groups in total. The van der Waals surface area contributed by atoms with Crippen LogP contribution in [-0.4, -0.2) is 121 Å². The van der Waals surface area contributed by atoms with Gasteiger partial charge >= 0.3 is 17.9 Å². The van der Waals surface area contributed by atoms with Crippen LogP contribution in [0, 0.1) is 20.8 Å². The molecule has 530 valence electrons. The fourth-order valence-corrected chi connectivity index (χ4v) is 12.8. The lowest BCUT2D eigenvalue weighted by Gasteiger charge is -2.21. The molecular weight excluding hydrogens is 1360 g/mol. The van der Waals surface area contributed by atoms with Crippen molar-refractivity contribution >= 4 is 115 Å². The fourth-order valence-electron chi connectivity index (χ4n) is 12.5. The highest BCUT2D eigenvalue weighted by Crippen LogP contribution is 2.31. The van der Waals surface area contributed by atoms with Gasteiger partial charge in [-0.05, 0) is 164 Å². The van der Waals surface area contributed by atoms with E-state index in [0.717, 1.165) is 102 Å². The van der Waals surface area contributed by atoms with E-state index in [9.17, 15) is 44.1 Å². The number of benzene rings is 8. The van der Waals surface area contributed by atoms with Gasteiger partial charge in [-0.2, -0.15) is 0 Å². The highest BCUT2D eigenvalue weighted by atomic mass is 35.5. The van der Waals surface area contributed by atoms with Crippen molar-refractivity contribution in [1.82, 2.24) is 29.9 Å². The molecule has 3 aromatic heterocycles. The molecule has 2 fully saturated rings. The van der Waals surface area contributed by atoms with Crippen LogP contribution in [0.5, 0.6) is 0 Å². The molecule has 11 aromatic rings. The number of aromatic nitrogens is 6. The van der Waals surface area contributed by atoms with Crippen molar-refractivity contribution in [2.45, 2.75) is 85.0 Å². The molecule has 0 unspecified atom stereocenters. The summed E-state index contributed by atoms with van der Waals surface area (Å²) in [5.41, 5.74) is 10.7. The maximum atomic E-state index is 12.8. The molecule has 0 spiro atoms. The molecule has 2 aliphatic rings. The van der Waals surface area contributed by atoms with E-state index in [2.05, 4.69) is 45.7 Å². The first-order valence-corrected chi connectivity index (χ1v) is 34.9.